The first-order valence-corrected chi connectivity index (χ1v) is 6.67. The number of benzene rings is 1. The molecule has 0 aliphatic heterocycles. The molecule has 1 aromatic heterocycles. The van der Waals surface area contributed by atoms with E-state index in [-0.39, 0.29) is 0 Å². The van der Waals surface area contributed by atoms with Gasteiger partial charge in [-0.15, -0.1) is 0 Å². The predicted molar refractivity (Wildman–Crippen MR) is 79.0 cm³/mol. The maximum Gasteiger partial charge on any atom is 0.123 e. The van der Waals surface area contributed by atoms with Gasteiger partial charge in [-0.2, -0.15) is 0 Å². The maximum atomic E-state index is 6.04. The minimum Gasteiger partial charge on any atom is -0.496 e. The average Bonchev–Trinajstić information content (AvgIpc) is 2.86. The molecule has 0 fully saturated rings. The molecule has 0 saturated heterocycles. The lowest BCUT2D eigenvalue weighted by Crippen LogP contribution is -2.11. The van der Waals surface area contributed by atoms with E-state index in [0.717, 1.165) is 22.9 Å². The van der Waals surface area contributed by atoms with E-state index in [9.17, 15) is 0 Å². The molecule has 2 rings (SSSR count). The van der Waals surface area contributed by atoms with Gasteiger partial charge in [-0.05, 0) is 43.8 Å². The van der Waals surface area contributed by atoms with Crippen molar-refractivity contribution in [1.29, 1.82) is 0 Å². The number of ether oxygens (including phenoxy) is 1. The van der Waals surface area contributed by atoms with E-state index in [1.54, 1.807) is 7.11 Å². The molecule has 0 amide bonds. The van der Waals surface area contributed by atoms with E-state index in [4.69, 9.17) is 16.3 Å². The molecule has 0 aliphatic rings. The standard InChI is InChI=1S/C15H19ClN2O/c1-11(17-2)12-6-7-18(9-12)10-13-8-14(16)4-5-15(13)19-3/h4-9,11,17H,10H2,1-3H3. The molecule has 0 radical (unpaired) electrons. The smallest absolute Gasteiger partial charge is 0.123 e. The van der Waals surface area contributed by atoms with E-state index in [2.05, 4.69) is 35.3 Å². The quantitative estimate of drug-likeness (QED) is 0.906. The highest BCUT2D eigenvalue weighted by molar-refractivity contribution is 6.30. The normalized spacial score (nSPS) is 12.4. The lowest BCUT2D eigenvalue weighted by atomic mass is 10.2. The van der Waals surface area contributed by atoms with Crippen molar-refractivity contribution >= 4 is 11.6 Å². The van der Waals surface area contributed by atoms with Crippen LogP contribution in [0.4, 0.5) is 0 Å². The van der Waals surface area contributed by atoms with Crippen LogP contribution in [0, 0.1) is 0 Å². The summed E-state index contributed by atoms with van der Waals surface area (Å²) < 4.78 is 7.50. The summed E-state index contributed by atoms with van der Waals surface area (Å²) in [5.41, 5.74) is 2.35. The van der Waals surface area contributed by atoms with Crippen LogP contribution < -0.4 is 10.1 Å². The lowest BCUT2D eigenvalue weighted by molar-refractivity contribution is 0.408. The highest BCUT2D eigenvalue weighted by Crippen LogP contribution is 2.24. The van der Waals surface area contributed by atoms with Crippen molar-refractivity contribution < 1.29 is 4.74 Å². The van der Waals surface area contributed by atoms with Gasteiger partial charge in [0.15, 0.2) is 0 Å². The second-order valence-corrected chi connectivity index (χ2v) is 5.02. The van der Waals surface area contributed by atoms with Crippen molar-refractivity contribution in [3.63, 3.8) is 0 Å². The van der Waals surface area contributed by atoms with Crippen LogP contribution in [0.5, 0.6) is 5.75 Å². The van der Waals surface area contributed by atoms with Crippen LogP contribution >= 0.6 is 11.6 Å². The zero-order valence-electron chi connectivity index (χ0n) is 11.5. The van der Waals surface area contributed by atoms with Crippen molar-refractivity contribution in [2.24, 2.45) is 0 Å². The zero-order chi connectivity index (χ0) is 13.8. The third-order valence-corrected chi connectivity index (χ3v) is 3.54. The van der Waals surface area contributed by atoms with Crippen LogP contribution in [-0.4, -0.2) is 18.7 Å². The predicted octanol–water partition coefficient (Wildman–Crippen LogP) is 3.48. The van der Waals surface area contributed by atoms with E-state index < -0.39 is 0 Å². The van der Waals surface area contributed by atoms with Gasteiger partial charge >= 0.3 is 0 Å². The monoisotopic (exact) mass is 278 g/mol. The van der Waals surface area contributed by atoms with Gasteiger partial charge in [-0.25, -0.2) is 0 Å². The molecule has 102 valence electrons. The first-order valence-electron chi connectivity index (χ1n) is 6.29. The van der Waals surface area contributed by atoms with Gasteiger partial charge < -0.3 is 14.6 Å². The molecule has 2 aromatic rings. The highest BCUT2D eigenvalue weighted by atomic mass is 35.5. The van der Waals surface area contributed by atoms with Gasteiger partial charge in [0.2, 0.25) is 0 Å². The fourth-order valence-electron chi connectivity index (χ4n) is 2.05. The number of methoxy groups -OCH3 is 1. The second-order valence-electron chi connectivity index (χ2n) is 4.58. The van der Waals surface area contributed by atoms with Crippen molar-refractivity contribution in [2.75, 3.05) is 14.2 Å². The molecular weight excluding hydrogens is 260 g/mol. The molecule has 4 heteroatoms. The number of hydrogen-bond donors (Lipinski definition) is 1. The van der Waals surface area contributed by atoms with Crippen LogP contribution in [0.1, 0.15) is 24.1 Å². The van der Waals surface area contributed by atoms with Crippen molar-refractivity contribution in [1.82, 2.24) is 9.88 Å². The van der Waals surface area contributed by atoms with Crippen LogP contribution in [0.3, 0.4) is 0 Å². The van der Waals surface area contributed by atoms with Crippen LogP contribution in [0.2, 0.25) is 5.02 Å². The molecule has 1 N–H and O–H groups in total. The minimum absolute atomic E-state index is 0.350. The summed E-state index contributed by atoms with van der Waals surface area (Å²) in [5, 5.41) is 3.96. The largest absolute Gasteiger partial charge is 0.496 e. The van der Waals surface area contributed by atoms with Gasteiger partial charge in [0.1, 0.15) is 5.75 Å². The van der Waals surface area contributed by atoms with E-state index in [1.807, 2.05) is 25.2 Å². The Morgan fingerprint density at radius 1 is 1.37 bits per heavy atom. The Labute approximate surface area is 119 Å². The number of aromatic nitrogens is 1. The number of nitrogens with zero attached hydrogens (tertiary/aromatic N) is 1. The third-order valence-electron chi connectivity index (χ3n) is 3.30. The van der Waals surface area contributed by atoms with E-state index in [0.29, 0.717) is 6.04 Å². The summed E-state index contributed by atoms with van der Waals surface area (Å²) in [6.07, 6.45) is 4.21. The molecule has 19 heavy (non-hydrogen) atoms. The number of nitrogens with one attached hydrogen (secondary N) is 1. The fraction of sp³-hybridized carbons (Fsp3) is 0.333. The van der Waals surface area contributed by atoms with E-state index in [1.165, 1.54) is 5.56 Å². The van der Waals surface area contributed by atoms with Crippen molar-refractivity contribution in [3.05, 3.63) is 52.8 Å². The van der Waals surface area contributed by atoms with Gasteiger partial charge in [0.25, 0.3) is 0 Å². The Kier molecular flexibility index (Phi) is 4.51. The molecule has 3 nitrogen and oxygen atoms in total. The maximum absolute atomic E-state index is 6.04. The summed E-state index contributed by atoms with van der Waals surface area (Å²) in [6.45, 7) is 2.89. The van der Waals surface area contributed by atoms with Gasteiger partial charge in [-0.3, -0.25) is 0 Å². The van der Waals surface area contributed by atoms with Gasteiger partial charge in [0, 0.05) is 29.0 Å². The molecule has 1 aromatic carbocycles. The summed E-state index contributed by atoms with van der Waals surface area (Å²) in [4.78, 5) is 0. The Morgan fingerprint density at radius 3 is 2.84 bits per heavy atom. The Hall–Kier alpha value is -1.45. The van der Waals surface area contributed by atoms with Crippen LogP contribution in [0.15, 0.2) is 36.7 Å². The fourth-order valence-corrected chi connectivity index (χ4v) is 2.24. The third kappa shape index (κ3) is 3.31. The van der Waals surface area contributed by atoms with Crippen LogP contribution in [0.25, 0.3) is 0 Å². The van der Waals surface area contributed by atoms with Crippen LogP contribution in [-0.2, 0) is 6.54 Å². The summed E-state index contributed by atoms with van der Waals surface area (Å²) in [6, 6.07) is 8.16. The molecular formula is C15H19ClN2O. The second kappa shape index (κ2) is 6.13. The Bertz CT molecular complexity index is 551. The number of rotatable bonds is 5. The number of hydrogen-bond acceptors (Lipinski definition) is 2. The minimum atomic E-state index is 0.350. The lowest BCUT2D eigenvalue weighted by Gasteiger charge is -2.10. The summed E-state index contributed by atoms with van der Waals surface area (Å²) in [7, 11) is 3.64. The highest BCUT2D eigenvalue weighted by Gasteiger charge is 2.07. The summed E-state index contributed by atoms with van der Waals surface area (Å²) >= 11 is 6.04. The molecule has 1 unspecified atom stereocenters. The Balaban J connectivity index is 2.21. The molecule has 0 spiro atoms. The molecule has 1 atom stereocenters. The molecule has 0 saturated carbocycles. The topological polar surface area (TPSA) is 26.2 Å². The Morgan fingerprint density at radius 2 is 2.16 bits per heavy atom. The van der Waals surface area contributed by atoms with E-state index >= 15 is 0 Å². The van der Waals surface area contributed by atoms with Gasteiger partial charge in [0.05, 0.1) is 13.7 Å². The number of halogens is 1. The molecule has 0 aliphatic carbocycles. The van der Waals surface area contributed by atoms with Gasteiger partial charge in [-0.1, -0.05) is 11.6 Å². The van der Waals surface area contributed by atoms with Crippen molar-refractivity contribution in [2.45, 2.75) is 19.5 Å². The molecule has 0 bridgehead atoms. The SMILES string of the molecule is CNC(C)c1ccn(Cc2cc(Cl)ccc2OC)c1. The first-order chi connectivity index (χ1) is 9.13. The zero-order valence-corrected chi connectivity index (χ0v) is 12.2. The van der Waals surface area contributed by atoms with Crippen molar-refractivity contribution in [3.8, 4) is 5.75 Å². The summed E-state index contributed by atoms with van der Waals surface area (Å²) in [5.74, 6) is 0.862. The first kappa shape index (κ1) is 14.0. The average molecular weight is 279 g/mol. The molecule has 1 heterocycles.